The number of allylic oxidation sites excluding steroid dienone is 1. The van der Waals surface area contributed by atoms with Crippen LogP contribution < -0.4 is 5.32 Å². The van der Waals surface area contributed by atoms with Crippen molar-refractivity contribution in [1.29, 1.82) is 0 Å². The Labute approximate surface area is 106 Å². The molecule has 0 aromatic carbocycles. The fourth-order valence-electron chi connectivity index (χ4n) is 2.44. The Morgan fingerprint density at radius 3 is 2.82 bits per heavy atom. The fourth-order valence-corrected chi connectivity index (χ4v) is 2.44. The zero-order chi connectivity index (χ0) is 12.7. The van der Waals surface area contributed by atoms with Gasteiger partial charge in [-0.1, -0.05) is 25.5 Å². The van der Waals surface area contributed by atoms with Crippen LogP contribution in [0.25, 0.3) is 0 Å². The monoisotopic (exact) mass is 239 g/mol. The van der Waals surface area contributed by atoms with Gasteiger partial charge in [0.15, 0.2) is 0 Å². The summed E-state index contributed by atoms with van der Waals surface area (Å²) in [4.78, 5) is 0. The number of aliphatic hydroxyl groups is 1. The summed E-state index contributed by atoms with van der Waals surface area (Å²) >= 11 is 0. The minimum Gasteiger partial charge on any atom is -0.390 e. The van der Waals surface area contributed by atoms with E-state index in [4.69, 9.17) is 0 Å². The van der Waals surface area contributed by atoms with Crippen molar-refractivity contribution < 1.29 is 5.11 Å². The molecule has 1 rings (SSSR count). The molecular weight excluding hydrogens is 210 g/mol. The van der Waals surface area contributed by atoms with Crippen LogP contribution in [0.5, 0.6) is 0 Å². The number of hydrogen-bond donors (Lipinski definition) is 2. The summed E-state index contributed by atoms with van der Waals surface area (Å²) in [7, 11) is 0. The van der Waals surface area contributed by atoms with E-state index >= 15 is 0 Å². The quantitative estimate of drug-likeness (QED) is 0.528. The molecule has 0 aliphatic heterocycles. The van der Waals surface area contributed by atoms with Gasteiger partial charge in [-0.25, -0.2) is 0 Å². The smallest absolute Gasteiger partial charge is 0.0657 e. The van der Waals surface area contributed by atoms with Crippen LogP contribution in [0.2, 0.25) is 0 Å². The lowest BCUT2D eigenvalue weighted by Gasteiger charge is -2.29. The molecule has 0 spiro atoms. The first-order valence-corrected chi connectivity index (χ1v) is 7.17. The van der Waals surface area contributed by atoms with Gasteiger partial charge in [-0.05, 0) is 64.5 Å². The molecule has 100 valence electrons. The molecule has 1 aliphatic carbocycles. The van der Waals surface area contributed by atoms with Crippen LogP contribution in [0.4, 0.5) is 0 Å². The van der Waals surface area contributed by atoms with Crippen molar-refractivity contribution in [2.45, 2.75) is 64.9 Å². The van der Waals surface area contributed by atoms with Crippen LogP contribution in [0, 0.1) is 5.92 Å². The molecule has 0 aromatic rings. The van der Waals surface area contributed by atoms with Gasteiger partial charge >= 0.3 is 0 Å². The van der Waals surface area contributed by atoms with Gasteiger partial charge in [-0.2, -0.15) is 0 Å². The molecule has 0 radical (unpaired) electrons. The van der Waals surface area contributed by atoms with Crippen molar-refractivity contribution in [1.82, 2.24) is 5.32 Å². The predicted molar refractivity (Wildman–Crippen MR) is 74.1 cm³/mol. The second kappa shape index (κ2) is 7.17. The molecular formula is C15H29NO. The van der Waals surface area contributed by atoms with Gasteiger partial charge in [0, 0.05) is 0 Å². The first-order valence-electron chi connectivity index (χ1n) is 7.17. The molecule has 1 aliphatic rings. The van der Waals surface area contributed by atoms with E-state index in [1.807, 2.05) is 6.92 Å². The molecule has 0 bridgehead atoms. The molecule has 0 saturated heterocycles. The lowest BCUT2D eigenvalue weighted by molar-refractivity contribution is 0.0482. The van der Waals surface area contributed by atoms with Gasteiger partial charge in [-0.3, -0.25) is 0 Å². The maximum Gasteiger partial charge on any atom is 0.0657 e. The van der Waals surface area contributed by atoms with Gasteiger partial charge in [-0.15, -0.1) is 0 Å². The predicted octanol–water partition coefficient (Wildman–Crippen LogP) is 3.26. The van der Waals surface area contributed by atoms with E-state index in [-0.39, 0.29) is 0 Å². The summed E-state index contributed by atoms with van der Waals surface area (Å²) in [5.41, 5.74) is 1.11. The van der Waals surface area contributed by atoms with Crippen molar-refractivity contribution in [3.05, 3.63) is 11.6 Å². The molecule has 0 fully saturated rings. The molecule has 0 aromatic heterocycles. The number of hydrogen-bond acceptors (Lipinski definition) is 2. The van der Waals surface area contributed by atoms with Crippen LogP contribution in [0.1, 0.15) is 59.3 Å². The van der Waals surface area contributed by atoms with Gasteiger partial charge < -0.3 is 10.4 Å². The second-order valence-corrected chi connectivity index (χ2v) is 5.77. The van der Waals surface area contributed by atoms with Crippen molar-refractivity contribution in [3.8, 4) is 0 Å². The van der Waals surface area contributed by atoms with E-state index in [1.54, 1.807) is 5.57 Å². The Bertz CT molecular complexity index is 245. The zero-order valence-electron chi connectivity index (χ0n) is 11.8. The average molecular weight is 239 g/mol. The minimum absolute atomic E-state index is 0.452. The highest BCUT2D eigenvalue weighted by atomic mass is 16.3. The second-order valence-electron chi connectivity index (χ2n) is 5.77. The first-order chi connectivity index (χ1) is 8.05. The fraction of sp³-hybridized carbons (Fsp3) is 0.867. The van der Waals surface area contributed by atoms with E-state index in [0.717, 1.165) is 32.4 Å². The first kappa shape index (κ1) is 14.7. The molecule has 2 N–H and O–H groups in total. The summed E-state index contributed by atoms with van der Waals surface area (Å²) in [5, 5.41) is 13.3. The normalized spacial score (nSPS) is 26.7. The molecule has 17 heavy (non-hydrogen) atoms. The maximum atomic E-state index is 9.89. The van der Waals surface area contributed by atoms with Gasteiger partial charge in [0.25, 0.3) is 0 Å². The Morgan fingerprint density at radius 1 is 1.47 bits per heavy atom. The number of rotatable bonds is 7. The van der Waals surface area contributed by atoms with Crippen LogP contribution >= 0.6 is 0 Å². The van der Waals surface area contributed by atoms with E-state index < -0.39 is 5.60 Å². The van der Waals surface area contributed by atoms with E-state index in [1.165, 1.54) is 19.3 Å². The van der Waals surface area contributed by atoms with Crippen LogP contribution in [0.15, 0.2) is 11.6 Å². The van der Waals surface area contributed by atoms with Gasteiger partial charge in [0.05, 0.1) is 5.60 Å². The maximum absolute atomic E-state index is 9.89. The summed E-state index contributed by atoms with van der Waals surface area (Å²) in [6, 6.07) is 0. The average Bonchev–Trinajstić information content (AvgIpc) is 2.28. The third-order valence-corrected chi connectivity index (χ3v) is 3.81. The van der Waals surface area contributed by atoms with Crippen molar-refractivity contribution in [2.24, 2.45) is 5.92 Å². The molecule has 2 nitrogen and oxygen atoms in total. The highest BCUT2D eigenvalue weighted by Gasteiger charge is 2.24. The van der Waals surface area contributed by atoms with Gasteiger partial charge in [0.1, 0.15) is 0 Å². The molecule has 0 amide bonds. The zero-order valence-corrected chi connectivity index (χ0v) is 11.8. The lowest BCUT2D eigenvalue weighted by Crippen LogP contribution is -2.27. The number of nitrogens with one attached hydrogen (secondary N) is 1. The third-order valence-electron chi connectivity index (χ3n) is 3.81. The molecule has 0 heterocycles. The Morgan fingerprint density at radius 2 is 2.24 bits per heavy atom. The van der Waals surface area contributed by atoms with Crippen LogP contribution in [-0.2, 0) is 0 Å². The van der Waals surface area contributed by atoms with E-state index in [2.05, 4.69) is 25.2 Å². The van der Waals surface area contributed by atoms with Crippen LogP contribution in [0.3, 0.4) is 0 Å². The summed E-state index contributed by atoms with van der Waals surface area (Å²) < 4.78 is 0. The highest BCUT2D eigenvalue weighted by molar-refractivity contribution is 5.12. The van der Waals surface area contributed by atoms with E-state index in [0.29, 0.717) is 5.92 Å². The topological polar surface area (TPSA) is 32.3 Å². The minimum atomic E-state index is -0.452. The largest absolute Gasteiger partial charge is 0.390 e. The Kier molecular flexibility index (Phi) is 6.21. The highest BCUT2D eigenvalue weighted by Crippen LogP contribution is 2.32. The Balaban J connectivity index is 2.20. The third kappa shape index (κ3) is 5.69. The standard InChI is InChI=1S/C15H29NO/c1-4-11-16-12-5-6-13(2)14-7-9-15(3,17)10-8-14/h7,13,16-17H,4-6,8-12H2,1-3H3/t13-,15?/m0/s1. The van der Waals surface area contributed by atoms with Crippen molar-refractivity contribution in [2.75, 3.05) is 13.1 Å². The van der Waals surface area contributed by atoms with Crippen molar-refractivity contribution in [3.63, 3.8) is 0 Å². The molecule has 2 atom stereocenters. The van der Waals surface area contributed by atoms with Crippen molar-refractivity contribution >= 4 is 0 Å². The van der Waals surface area contributed by atoms with E-state index in [9.17, 15) is 5.11 Å². The summed E-state index contributed by atoms with van der Waals surface area (Å²) in [6.45, 7) is 8.75. The Hall–Kier alpha value is -0.340. The summed E-state index contributed by atoms with van der Waals surface area (Å²) in [5.74, 6) is 0.689. The SMILES string of the molecule is CCCNCCC[C@H](C)C1=CCC(C)(O)CC1. The van der Waals surface area contributed by atoms with Gasteiger partial charge in [0.2, 0.25) is 0 Å². The summed E-state index contributed by atoms with van der Waals surface area (Å²) in [6.07, 6.45) is 8.86. The lowest BCUT2D eigenvalue weighted by atomic mass is 9.81. The molecule has 0 saturated carbocycles. The molecule has 2 heteroatoms. The van der Waals surface area contributed by atoms with Crippen LogP contribution in [-0.4, -0.2) is 23.8 Å². The molecule has 1 unspecified atom stereocenters.